The zero-order valence-corrected chi connectivity index (χ0v) is 24.1. The predicted octanol–water partition coefficient (Wildman–Crippen LogP) is 4.80. The number of halogens is 1. The monoisotopic (exact) mass is 571 g/mol. The molecule has 1 atom stereocenters. The Morgan fingerprint density at radius 2 is 1.72 bits per heavy atom. The normalized spacial score (nSPS) is 11.9. The molecular weight excluding hydrogens is 538 g/mol. The highest BCUT2D eigenvalue weighted by atomic mass is 35.5. The number of ether oxygens (including phenoxy) is 1. The Balaban J connectivity index is 2.08. The summed E-state index contributed by atoms with van der Waals surface area (Å²) in [6, 6.07) is 19.2. The first-order valence-electron chi connectivity index (χ1n) is 12.7. The number of nitrogens with one attached hydrogen (secondary N) is 1. The van der Waals surface area contributed by atoms with Gasteiger partial charge in [0.1, 0.15) is 18.3 Å². The standard InChI is InChI=1S/C29H34ClN3O5S/c1-5-26(29(35)31-6-2)32(19-22-12-10-11-21(3)17-22)28(34)20-33(23-15-16-27(38-4)25(30)18-23)39(36,37)24-13-8-7-9-14-24/h7-18,26H,5-6,19-20H2,1-4H3,(H,31,35)/t26-/m1/s1. The molecule has 0 saturated carbocycles. The fraction of sp³-hybridized carbons (Fsp3) is 0.310. The van der Waals surface area contributed by atoms with Crippen molar-refractivity contribution in [3.05, 3.63) is 88.9 Å². The molecule has 0 aliphatic rings. The number of hydrogen-bond donors (Lipinski definition) is 1. The number of hydrogen-bond acceptors (Lipinski definition) is 5. The SMILES string of the molecule is CCNC(=O)[C@@H](CC)N(Cc1cccc(C)c1)C(=O)CN(c1ccc(OC)c(Cl)c1)S(=O)(=O)c1ccccc1. The molecule has 0 bridgehead atoms. The highest BCUT2D eigenvalue weighted by Gasteiger charge is 2.33. The summed E-state index contributed by atoms with van der Waals surface area (Å²) in [5.74, 6) is -0.459. The summed E-state index contributed by atoms with van der Waals surface area (Å²) >= 11 is 6.35. The lowest BCUT2D eigenvalue weighted by molar-refractivity contribution is -0.140. The van der Waals surface area contributed by atoms with Gasteiger partial charge in [0.25, 0.3) is 10.0 Å². The second kappa shape index (κ2) is 13.5. The van der Waals surface area contributed by atoms with Gasteiger partial charge in [-0.3, -0.25) is 13.9 Å². The minimum atomic E-state index is -4.18. The van der Waals surface area contributed by atoms with E-state index in [9.17, 15) is 18.0 Å². The average Bonchev–Trinajstić information content (AvgIpc) is 2.92. The Labute approximate surface area is 235 Å². The van der Waals surface area contributed by atoms with Crippen LogP contribution >= 0.6 is 11.6 Å². The van der Waals surface area contributed by atoms with Crippen molar-refractivity contribution in [1.82, 2.24) is 10.2 Å². The maximum atomic E-state index is 14.0. The topological polar surface area (TPSA) is 96.0 Å². The van der Waals surface area contributed by atoms with Crippen molar-refractivity contribution >= 4 is 39.1 Å². The zero-order chi connectivity index (χ0) is 28.6. The Morgan fingerprint density at radius 3 is 2.31 bits per heavy atom. The molecule has 3 aromatic rings. The van der Waals surface area contributed by atoms with Gasteiger partial charge in [-0.25, -0.2) is 8.42 Å². The summed E-state index contributed by atoms with van der Waals surface area (Å²) < 4.78 is 33.9. The lowest BCUT2D eigenvalue weighted by Gasteiger charge is -2.33. The molecule has 0 heterocycles. The molecule has 10 heteroatoms. The van der Waals surface area contributed by atoms with Crippen molar-refractivity contribution in [3.8, 4) is 5.75 Å². The molecule has 3 rings (SSSR count). The number of benzene rings is 3. The number of rotatable bonds is 12. The van der Waals surface area contributed by atoms with Crippen LogP contribution in [0.4, 0.5) is 5.69 Å². The van der Waals surface area contributed by atoms with Crippen LogP contribution in [0.3, 0.4) is 0 Å². The molecule has 208 valence electrons. The number of aryl methyl sites for hydroxylation is 1. The van der Waals surface area contributed by atoms with E-state index in [0.29, 0.717) is 18.7 Å². The van der Waals surface area contributed by atoms with Gasteiger partial charge in [-0.05, 0) is 56.2 Å². The van der Waals surface area contributed by atoms with Crippen molar-refractivity contribution in [1.29, 1.82) is 0 Å². The van der Waals surface area contributed by atoms with E-state index >= 15 is 0 Å². The molecule has 0 aromatic heterocycles. The van der Waals surface area contributed by atoms with E-state index in [4.69, 9.17) is 16.3 Å². The molecule has 0 aliphatic heterocycles. The number of amides is 2. The van der Waals surface area contributed by atoms with E-state index in [0.717, 1.165) is 15.4 Å². The van der Waals surface area contributed by atoms with Gasteiger partial charge in [-0.2, -0.15) is 0 Å². The largest absolute Gasteiger partial charge is 0.495 e. The van der Waals surface area contributed by atoms with Crippen LogP contribution in [0.15, 0.2) is 77.7 Å². The van der Waals surface area contributed by atoms with Crippen molar-refractivity contribution in [3.63, 3.8) is 0 Å². The molecule has 0 fully saturated rings. The summed E-state index contributed by atoms with van der Waals surface area (Å²) in [7, 11) is -2.72. The van der Waals surface area contributed by atoms with Gasteiger partial charge in [-0.15, -0.1) is 0 Å². The second-order valence-electron chi connectivity index (χ2n) is 8.97. The van der Waals surface area contributed by atoms with Crippen molar-refractivity contribution in [2.24, 2.45) is 0 Å². The van der Waals surface area contributed by atoms with E-state index in [2.05, 4.69) is 5.32 Å². The molecule has 0 saturated heterocycles. The van der Waals surface area contributed by atoms with Crippen molar-refractivity contribution in [2.75, 3.05) is 24.5 Å². The van der Waals surface area contributed by atoms with Crippen molar-refractivity contribution in [2.45, 2.75) is 44.7 Å². The zero-order valence-electron chi connectivity index (χ0n) is 22.6. The lowest BCUT2D eigenvalue weighted by atomic mass is 10.1. The van der Waals surface area contributed by atoms with Crippen LogP contribution in [0.1, 0.15) is 31.4 Å². The Hall–Kier alpha value is -3.56. The number of likely N-dealkylation sites (N-methyl/N-ethyl adjacent to an activating group) is 1. The quantitative estimate of drug-likeness (QED) is 0.337. The average molecular weight is 572 g/mol. The van der Waals surface area contributed by atoms with Gasteiger partial charge in [-0.1, -0.05) is 66.6 Å². The first-order valence-corrected chi connectivity index (χ1v) is 14.5. The van der Waals surface area contributed by atoms with E-state index in [-0.39, 0.29) is 28.1 Å². The molecule has 1 N–H and O–H groups in total. The van der Waals surface area contributed by atoms with Crippen LogP contribution in [0.2, 0.25) is 5.02 Å². The van der Waals surface area contributed by atoms with Crippen LogP contribution in [0.25, 0.3) is 0 Å². The van der Waals surface area contributed by atoms with Crippen LogP contribution in [-0.2, 0) is 26.2 Å². The Kier molecular flexibility index (Phi) is 10.4. The highest BCUT2D eigenvalue weighted by molar-refractivity contribution is 7.92. The fourth-order valence-electron chi connectivity index (χ4n) is 4.28. The minimum absolute atomic E-state index is 0.0192. The summed E-state index contributed by atoms with van der Waals surface area (Å²) in [6.07, 6.45) is 0.350. The number of carbonyl (C=O) groups is 2. The predicted molar refractivity (Wildman–Crippen MR) is 153 cm³/mol. The Bertz CT molecular complexity index is 1400. The molecule has 0 unspecified atom stereocenters. The van der Waals surface area contributed by atoms with E-state index < -0.39 is 28.5 Å². The number of anilines is 1. The highest BCUT2D eigenvalue weighted by Crippen LogP contribution is 2.32. The van der Waals surface area contributed by atoms with Crippen LogP contribution in [0, 0.1) is 6.92 Å². The van der Waals surface area contributed by atoms with Gasteiger partial charge in [0.2, 0.25) is 11.8 Å². The molecule has 2 amide bonds. The van der Waals surface area contributed by atoms with Gasteiger partial charge in [0.15, 0.2) is 0 Å². The maximum absolute atomic E-state index is 14.0. The molecule has 0 aliphatic carbocycles. The molecule has 0 spiro atoms. The summed E-state index contributed by atoms with van der Waals surface area (Å²) in [4.78, 5) is 28.5. The Morgan fingerprint density at radius 1 is 1.00 bits per heavy atom. The lowest BCUT2D eigenvalue weighted by Crippen LogP contribution is -2.52. The number of methoxy groups -OCH3 is 1. The molecular formula is C29H34ClN3O5S. The summed E-state index contributed by atoms with van der Waals surface area (Å²) in [5, 5.41) is 2.99. The third-order valence-electron chi connectivity index (χ3n) is 6.21. The first kappa shape index (κ1) is 30.0. The number of nitrogens with zero attached hydrogens (tertiary/aromatic N) is 2. The van der Waals surface area contributed by atoms with Gasteiger partial charge >= 0.3 is 0 Å². The smallest absolute Gasteiger partial charge is 0.264 e. The van der Waals surface area contributed by atoms with E-state index in [1.165, 1.54) is 36.3 Å². The van der Waals surface area contributed by atoms with E-state index in [1.54, 1.807) is 31.2 Å². The molecule has 8 nitrogen and oxygen atoms in total. The van der Waals surface area contributed by atoms with Crippen LogP contribution in [-0.4, -0.2) is 51.4 Å². The third-order valence-corrected chi connectivity index (χ3v) is 8.29. The first-order chi connectivity index (χ1) is 18.6. The van der Waals surface area contributed by atoms with Crippen molar-refractivity contribution < 1.29 is 22.7 Å². The summed E-state index contributed by atoms with van der Waals surface area (Å²) in [5.41, 5.74) is 2.03. The van der Waals surface area contributed by atoms with Crippen LogP contribution < -0.4 is 14.4 Å². The molecule has 3 aromatic carbocycles. The molecule has 0 radical (unpaired) electrons. The minimum Gasteiger partial charge on any atom is -0.495 e. The third kappa shape index (κ3) is 7.30. The summed E-state index contributed by atoms with van der Waals surface area (Å²) in [6.45, 7) is 5.57. The van der Waals surface area contributed by atoms with Crippen LogP contribution in [0.5, 0.6) is 5.75 Å². The second-order valence-corrected chi connectivity index (χ2v) is 11.2. The number of sulfonamides is 1. The number of carbonyl (C=O) groups excluding carboxylic acids is 2. The van der Waals surface area contributed by atoms with Gasteiger partial charge < -0.3 is 15.0 Å². The molecule has 39 heavy (non-hydrogen) atoms. The van der Waals surface area contributed by atoms with E-state index in [1.807, 2.05) is 38.1 Å². The van der Waals surface area contributed by atoms with Gasteiger partial charge in [0.05, 0.1) is 22.7 Å². The maximum Gasteiger partial charge on any atom is 0.264 e. The fourth-order valence-corrected chi connectivity index (χ4v) is 5.96. The van der Waals surface area contributed by atoms with Gasteiger partial charge in [0, 0.05) is 13.1 Å².